The number of anilines is 1. The van der Waals surface area contributed by atoms with Crippen LogP contribution in [0.3, 0.4) is 0 Å². The van der Waals surface area contributed by atoms with Gasteiger partial charge in [0.2, 0.25) is 10.0 Å². The summed E-state index contributed by atoms with van der Waals surface area (Å²) in [5.41, 5.74) is 1.55. The van der Waals surface area contributed by atoms with Crippen LogP contribution in [-0.2, 0) is 16.6 Å². The maximum absolute atomic E-state index is 11.2. The second kappa shape index (κ2) is 5.48. The highest BCUT2D eigenvalue weighted by Crippen LogP contribution is 2.11. The number of aliphatic imine (C=N–C) groups is 1. The first-order valence-corrected chi connectivity index (χ1v) is 7.93. The Hall–Kier alpha value is -1.76. The molecule has 0 fully saturated rings. The third-order valence-corrected chi connectivity index (χ3v) is 3.20. The molecule has 1 aliphatic rings. The van der Waals surface area contributed by atoms with Gasteiger partial charge in [-0.3, -0.25) is 9.71 Å². The van der Waals surface area contributed by atoms with Crippen molar-refractivity contribution in [2.75, 3.05) is 17.5 Å². The van der Waals surface area contributed by atoms with E-state index in [1.165, 1.54) is 0 Å². The number of hydrogen-bond acceptors (Lipinski definition) is 5. The van der Waals surface area contributed by atoms with Gasteiger partial charge >= 0.3 is 0 Å². The summed E-state index contributed by atoms with van der Waals surface area (Å²) in [6, 6.07) is 7.63. The van der Waals surface area contributed by atoms with Crippen molar-refractivity contribution in [3.63, 3.8) is 0 Å². The molecule has 7 heteroatoms. The molecule has 1 unspecified atom stereocenters. The molecule has 0 saturated heterocycles. The van der Waals surface area contributed by atoms with Gasteiger partial charge in [0.15, 0.2) is 5.96 Å². The summed E-state index contributed by atoms with van der Waals surface area (Å²) in [5, 5.41) is 6.38. The number of guanidine groups is 1. The Kier molecular flexibility index (Phi) is 3.94. The SMILES string of the molecule is CC1CN=C(NCc2cccc(NS(C)(=O)=O)c2)N1. The fraction of sp³-hybridized carbons (Fsp3) is 0.417. The summed E-state index contributed by atoms with van der Waals surface area (Å²) >= 11 is 0. The molecule has 1 heterocycles. The largest absolute Gasteiger partial charge is 0.352 e. The summed E-state index contributed by atoms with van der Waals surface area (Å²) in [6.45, 7) is 3.44. The van der Waals surface area contributed by atoms with Crippen LogP contribution in [0.2, 0.25) is 0 Å². The van der Waals surface area contributed by atoms with E-state index in [4.69, 9.17) is 0 Å². The molecule has 0 bridgehead atoms. The number of nitrogens with one attached hydrogen (secondary N) is 3. The first kappa shape index (κ1) is 13.7. The quantitative estimate of drug-likeness (QED) is 0.751. The molecule has 104 valence electrons. The van der Waals surface area contributed by atoms with Gasteiger partial charge in [-0.2, -0.15) is 0 Å². The van der Waals surface area contributed by atoms with Gasteiger partial charge in [-0.1, -0.05) is 12.1 Å². The third-order valence-electron chi connectivity index (χ3n) is 2.60. The van der Waals surface area contributed by atoms with E-state index >= 15 is 0 Å². The average Bonchev–Trinajstić information content (AvgIpc) is 2.71. The van der Waals surface area contributed by atoms with Crippen LogP contribution in [0.1, 0.15) is 12.5 Å². The van der Waals surface area contributed by atoms with E-state index < -0.39 is 10.0 Å². The van der Waals surface area contributed by atoms with Crippen molar-refractivity contribution >= 4 is 21.7 Å². The minimum Gasteiger partial charge on any atom is -0.352 e. The van der Waals surface area contributed by atoms with Gasteiger partial charge in [0.25, 0.3) is 0 Å². The normalized spacial score (nSPS) is 18.6. The molecule has 1 atom stereocenters. The first-order chi connectivity index (χ1) is 8.92. The fourth-order valence-corrected chi connectivity index (χ4v) is 2.36. The van der Waals surface area contributed by atoms with E-state index in [1.807, 2.05) is 12.1 Å². The minimum absolute atomic E-state index is 0.362. The van der Waals surface area contributed by atoms with Crippen molar-refractivity contribution < 1.29 is 8.42 Å². The maximum atomic E-state index is 11.2. The molecule has 1 aliphatic heterocycles. The molecule has 0 amide bonds. The topological polar surface area (TPSA) is 82.6 Å². The monoisotopic (exact) mass is 282 g/mol. The van der Waals surface area contributed by atoms with Gasteiger partial charge in [-0.05, 0) is 24.6 Å². The second-order valence-corrected chi connectivity index (χ2v) is 6.41. The molecule has 1 aromatic rings. The number of hydrogen-bond donors (Lipinski definition) is 3. The fourth-order valence-electron chi connectivity index (χ4n) is 1.80. The van der Waals surface area contributed by atoms with Crippen LogP contribution in [0.15, 0.2) is 29.3 Å². The Morgan fingerprint density at radius 2 is 2.26 bits per heavy atom. The number of rotatable bonds is 4. The zero-order valence-corrected chi connectivity index (χ0v) is 11.8. The molecule has 2 rings (SSSR count). The van der Waals surface area contributed by atoms with Crippen molar-refractivity contribution in [3.05, 3.63) is 29.8 Å². The highest BCUT2D eigenvalue weighted by Gasteiger charge is 2.11. The predicted octanol–water partition coefficient (Wildman–Crippen LogP) is 0.495. The highest BCUT2D eigenvalue weighted by atomic mass is 32.2. The van der Waals surface area contributed by atoms with E-state index in [9.17, 15) is 8.42 Å². The van der Waals surface area contributed by atoms with Crippen LogP contribution in [0.4, 0.5) is 5.69 Å². The van der Waals surface area contributed by atoms with E-state index in [0.29, 0.717) is 18.3 Å². The Bertz CT molecular complexity index is 583. The zero-order valence-electron chi connectivity index (χ0n) is 11.0. The number of benzene rings is 1. The summed E-state index contributed by atoms with van der Waals surface area (Å²) in [4.78, 5) is 4.30. The van der Waals surface area contributed by atoms with Gasteiger partial charge in [0.1, 0.15) is 0 Å². The third kappa shape index (κ3) is 4.44. The van der Waals surface area contributed by atoms with Crippen molar-refractivity contribution in [2.45, 2.75) is 19.5 Å². The van der Waals surface area contributed by atoms with E-state index in [0.717, 1.165) is 24.3 Å². The van der Waals surface area contributed by atoms with Gasteiger partial charge < -0.3 is 10.6 Å². The maximum Gasteiger partial charge on any atom is 0.229 e. The lowest BCUT2D eigenvalue weighted by molar-refractivity contribution is 0.607. The molecule has 0 aliphatic carbocycles. The van der Waals surface area contributed by atoms with Crippen LogP contribution in [0.5, 0.6) is 0 Å². The Balaban J connectivity index is 1.96. The van der Waals surface area contributed by atoms with E-state index in [-0.39, 0.29) is 0 Å². The lowest BCUT2D eigenvalue weighted by Gasteiger charge is -2.10. The average molecular weight is 282 g/mol. The molecule has 19 heavy (non-hydrogen) atoms. The second-order valence-electron chi connectivity index (χ2n) is 4.66. The molecule has 3 N–H and O–H groups in total. The summed E-state index contributed by atoms with van der Waals surface area (Å²) < 4.78 is 24.8. The molecule has 0 saturated carbocycles. The Labute approximate surface area is 113 Å². The Morgan fingerprint density at radius 1 is 1.47 bits per heavy atom. The van der Waals surface area contributed by atoms with Gasteiger partial charge in [-0.25, -0.2) is 8.42 Å². The lowest BCUT2D eigenvalue weighted by atomic mass is 10.2. The molecule has 0 spiro atoms. The van der Waals surface area contributed by atoms with Gasteiger partial charge in [0, 0.05) is 18.3 Å². The smallest absolute Gasteiger partial charge is 0.229 e. The summed E-state index contributed by atoms with van der Waals surface area (Å²) in [7, 11) is -3.24. The van der Waals surface area contributed by atoms with Crippen molar-refractivity contribution in [1.29, 1.82) is 0 Å². The minimum atomic E-state index is -3.24. The zero-order chi connectivity index (χ0) is 13.9. The summed E-state index contributed by atoms with van der Waals surface area (Å²) in [5.74, 6) is 0.786. The van der Waals surface area contributed by atoms with Crippen LogP contribution in [0, 0.1) is 0 Å². The standard InChI is InChI=1S/C12H18N4O2S/c1-9-7-13-12(15-9)14-8-10-4-3-5-11(6-10)16-19(2,17)18/h3-6,9,16H,7-8H2,1-2H3,(H2,13,14,15). The van der Waals surface area contributed by atoms with Crippen molar-refractivity contribution in [2.24, 2.45) is 4.99 Å². The molecule has 0 aromatic heterocycles. The molecular formula is C12H18N4O2S. The summed E-state index contributed by atoms with van der Waals surface area (Å²) in [6.07, 6.45) is 1.14. The predicted molar refractivity (Wildman–Crippen MR) is 76.6 cm³/mol. The molecule has 1 aromatic carbocycles. The lowest BCUT2D eigenvalue weighted by Crippen LogP contribution is -2.37. The van der Waals surface area contributed by atoms with E-state index in [1.54, 1.807) is 12.1 Å². The van der Waals surface area contributed by atoms with Crippen LogP contribution in [0.25, 0.3) is 0 Å². The Morgan fingerprint density at radius 3 is 2.89 bits per heavy atom. The van der Waals surface area contributed by atoms with Crippen LogP contribution < -0.4 is 15.4 Å². The molecular weight excluding hydrogens is 264 g/mol. The molecule has 6 nitrogen and oxygen atoms in total. The van der Waals surface area contributed by atoms with Gasteiger partial charge in [0.05, 0.1) is 12.8 Å². The highest BCUT2D eigenvalue weighted by molar-refractivity contribution is 7.92. The van der Waals surface area contributed by atoms with Crippen LogP contribution >= 0.6 is 0 Å². The van der Waals surface area contributed by atoms with Crippen molar-refractivity contribution in [1.82, 2.24) is 10.6 Å². The number of nitrogens with zero attached hydrogens (tertiary/aromatic N) is 1. The van der Waals surface area contributed by atoms with Gasteiger partial charge in [-0.15, -0.1) is 0 Å². The first-order valence-electron chi connectivity index (χ1n) is 6.04. The van der Waals surface area contributed by atoms with E-state index in [2.05, 4.69) is 27.3 Å². The van der Waals surface area contributed by atoms with Crippen LogP contribution in [-0.4, -0.2) is 33.2 Å². The number of sulfonamides is 1. The van der Waals surface area contributed by atoms with Crippen molar-refractivity contribution in [3.8, 4) is 0 Å². The molecule has 0 radical (unpaired) electrons.